The van der Waals surface area contributed by atoms with E-state index in [1.54, 1.807) is 13.0 Å². The van der Waals surface area contributed by atoms with Gasteiger partial charge >= 0.3 is 5.69 Å². The number of carbonyl (C=O) groups excluding carboxylic acids is 1. The first-order valence-electron chi connectivity index (χ1n) is 3.71. The maximum atomic E-state index is 11.2. The van der Waals surface area contributed by atoms with E-state index in [-0.39, 0.29) is 11.9 Å². The molecule has 0 aliphatic carbocycles. The molecule has 0 spiro atoms. The van der Waals surface area contributed by atoms with E-state index >= 15 is 0 Å². The van der Waals surface area contributed by atoms with Crippen LogP contribution in [0.5, 0.6) is 0 Å². The number of carbonyl (C=O) groups is 1. The summed E-state index contributed by atoms with van der Waals surface area (Å²) in [5.41, 5.74) is -0.503. The summed E-state index contributed by atoms with van der Waals surface area (Å²) < 4.78 is 0. The van der Waals surface area contributed by atoms with E-state index in [0.717, 1.165) is 0 Å². The zero-order valence-electron chi connectivity index (χ0n) is 7.13. The lowest BCUT2D eigenvalue weighted by Gasteiger charge is -2.05. The minimum atomic E-state index is -0.503. The van der Waals surface area contributed by atoms with Crippen molar-refractivity contribution in [2.24, 2.45) is 0 Å². The molecule has 1 aromatic rings. The van der Waals surface area contributed by atoms with Crippen LogP contribution in [0.25, 0.3) is 0 Å². The maximum Gasteiger partial charge on any atom is 0.341 e. The fourth-order valence-electron chi connectivity index (χ4n) is 0.712. The minimum absolute atomic E-state index is 0.0290. The molecule has 0 saturated heterocycles. The van der Waals surface area contributed by atoms with Gasteiger partial charge in [0.1, 0.15) is 0 Å². The topological polar surface area (TPSA) is 90.6 Å². The second-order valence-electron chi connectivity index (χ2n) is 2.52. The molecule has 1 heterocycles. The van der Waals surface area contributed by atoms with Crippen molar-refractivity contribution in [3.63, 3.8) is 0 Å². The number of rotatable bonds is 3. The number of H-pyrrole nitrogens is 2. The van der Waals surface area contributed by atoms with Crippen molar-refractivity contribution in [2.45, 2.75) is 13.0 Å². The third-order valence-corrected chi connectivity index (χ3v) is 1.43. The molecular formula is C7H10N4O2. The molecule has 0 aliphatic rings. The number of hydrogen-bond donors (Lipinski definition) is 3. The van der Waals surface area contributed by atoms with Crippen LogP contribution in [0.2, 0.25) is 0 Å². The Labute approximate surface area is 74.1 Å². The Balaban J connectivity index is 2.69. The molecule has 3 N–H and O–H groups in total. The SMILES string of the molecule is C=CC(C)NC(=O)c1n[nH]c(=O)[nH]1. The third-order valence-electron chi connectivity index (χ3n) is 1.43. The Morgan fingerprint density at radius 3 is 2.92 bits per heavy atom. The van der Waals surface area contributed by atoms with Crippen molar-refractivity contribution in [1.29, 1.82) is 0 Å². The van der Waals surface area contributed by atoms with E-state index in [1.807, 2.05) is 0 Å². The lowest BCUT2D eigenvalue weighted by atomic mass is 10.3. The monoisotopic (exact) mass is 182 g/mol. The van der Waals surface area contributed by atoms with Gasteiger partial charge in [-0.25, -0.2) is 9.89 Å². The molecule has 0 fully saturated rings. The smallest absolute Gasteiger partial charge is 0.341 e. The molecule has 13 heavy (non-hydrogen) atoms. The molecule has 0 radical (unpaired) electrons. The number of nitrogens with one attached hydrogen (secondary N) is 3. The first-order chi connectivity index (χ1) is 6.13. The summed E-state index contributed by atoms with van der Waals surface area (Å²) >= 11 is 0. The fraction of sp³-hybridized carbons (Fsp3) is 0.286. The molecule has 70 valence electrons. The van der Waals surface area contributed by atoms with Crippen LogP contribution in [-0.2, 0) is 0 Å². The van der Waals surface area contributed by atoms with E-state index in [4.69, 9.17) is 0 Å². The first kappa shape index (κ1) is 9.24. The van der Waals surface area contributed by atoms with Crippen LogP contribution in [0, 0.1) is 0 Å². The molecule has 0 aromatic carbocycles. The minimum Gasteiger partial charge on any atom is -0.343 e. The van der Waals surface area contributed by atoms with Crippen LogP contribution in [0.3, 0.4) is 0 Å². The van der Waals surface area contributed by atoms with Crippen molar-refractivity contribution in [1.82, 2.24) is 20.5 Å². The lowest BCUT2D eigenvalue weighted by Crippen LogP contribution is -2.31. The van der Waals surface area contributed by atoms with Crippen molar-refractivity contribution in [2.75, 3.05) is 0 Å². The van der Waals surface area contributed by atoms with Gasteiger partial charge in [-0.2, -0.15) is 0 Å². The highest BCUT2D eigenvalue weighted by Crippen LogP contribution is 1.86. The molecule has 1 aromatic heterocycles. The highest BCUT2D eigenvalue weighted by Gasteiger charge is 2.10. The highest BCUT2D eigenvalue weighted by molar-refractivity contribution is 5.90. The number of nitrogens with zero attached hydrogens (tertiary/aromatic N) is 1. The highest BCUT2D eigenvalue weighted by atomic mass is 16.2. The van der Waals surface area contributed by atoms with Crippen LogP contribution in [0.15, 0.2) is 17.4 Å². The Kier molecular flexibility index (Phi) is 2.63. The summed E-state index contributed by atoms with van der Waals surface area (Å²) in [6.45, 7) is 5.26. The van der Waals surface area contributed by atoms with Crippen LogP contribution in [-0.4, -0.2) is 27.1 Å². The summed E-state index contributed by atoms with van der Waals surface area (Å²) in [5.74, 6) is -0.468. The zero-order chi connectivity index (χ0) is 9.84. The Bertz CT molecular complexity index is 365. The standard InChI is InChI=1S/C7H10N4O2/c1-3-4(2)8-6(12)5-9-7(13)11-10-5/h3-4H,1H2,2H3,(H,8,12)(H2,9,10,11,13). The Morgan fingerprint density at radius 1 is 1.77 bits per heavy atom. The van der Waals surface area contributed by atoms with Gasteiger partial charge in [-0.1, -0.05) is 6.08 Å². The largest absolute Gasteiger partial charge is 0.343 e. The van der Waals surface area contributed by atoms with Gasteiger partial charge in [0.2, 0.25) is 5.82 Å². The van der Waals surface area contributed by atoms with E-state index in [0.29, 0.717) is 0 Å². The average Bonchev–Trinajstić information content (AvgIpc) is 2.51. The van der Waals surface area contributed by atoms with Gasteiger partial charge in [-0.3, -0.25) is 9.78 Å². The van der Waals surface area contributed by atoms with Crippen molar-refractivity contribution >= 4 is 5.91 Å². The van der Waals surface area contributed by atoms with E-state index in [2.05, 4.69) is 27.1 Å². The van der Waals surface area contributed by atoms with Crippen LogP contribution in [0.1, 0.15) is 17.5 Å². The number of aromatic amines is 2. The van der Waals surface area contributed by atoms with E-state index in [1.165, 1.54) is 0 Å². The second kappa shape index (κ2) is 3.70. The molecule has 0 saturated carbocycles. The summed E-state index contributed by atoms with van der Waals surface area (Å²) in [7, 11) is 0. The number of amides is 1. The van der Waals surface area contributed by atoms with Crippen LogP contribution < -0.4 is 11.0 Å². The van der Waals surface area contributed by atoms with Gasteiger partial charge in [0.15, 0.2) is 0 Å². The van der Waals surface area contributed by atoms with Gasteiger partial charge < -0.3 is 5.32 Å². The molecule has 6 nitrogen and oxygen atoms in total. The first-order valence-corrected chi connectivity index (χ1v) is 3.71. The summed E-state index contributed by atoms with van der Waals surface area (Å²) in [6, 6.07) is -0.160. The number of hydrogen-bond acceptors (Lipinski definition) is 3. The fourth-order valence-corrected chi connectivity index (χ4v) is 0.712. The Morgan fingerprint density at radius 2 is 2.46 bits per heavy atom. The van der Waals surface area contributed by atoms with Gasteiger partial charge in [0.25, 0.3) is 5.91 Å². The van der Waals surface area contributed by atoms with Gasteiger partial charge in [-0.15, -0.1) is 11.7 Å². The lowest BCUT2D eigenvalue weighted by molar-refractivity contribution is 0.0937. The molecule has 0 aliphatic heterocycles. The van der Waals surface area contributed by atoms with Gasteiger partial charge in [-0.05, 0) is 6.92 Å². The van der Waals surface area contributed by atoms with Gasteiger partial charge in [0.05, 0.1) is 0 Å². The normalized spacial score (nSPS) is 12.1. The Hall–Kier alpha value is -1.85. The predicted molar refractivity (Wildman–Crippen MR) is 46.3 cm³/mol. The summed E-state index contributed by atoms with van der Waals surface area (Å²) in [6.07, 6.45) is 1.57. The molecule has 1 atom stereocenters. The van der Waals surface area contributed by atoms with Crippen LogP contribution >= 0.6 is 0 Å². The zero-order valence-corrected chi connectivity index (χ0v) is 7.13. The third kappa shape index (κ3) is 2.29. The molecule has 1 rings (SSSR count). The second-order valence-corrected chi connectivity index (χ2v) is 2.52. The molecule has 1 amide bonds. The van der Waals surface area contributed by atoms with E-state index < -0.39 is 11.6 Å². The average molecular weight is 182 g/mol. The van der Waals surface area contributed by atoms with Gasteiger partial charge in [0, 0.05) is 6.04 Å². The van der Waals surface area contributed by atoms with Crippen molar-refractivity contribution < 1.29 is 4.79 Å². The molecule has 6 heteroatoms. The van der Waals surface area contributed by atoms with Crippen molar-refractivity contribution in [3.8, 4) is 0 Å². The van der Waals surface area contributed by atoms with Crippen LogP contribution in [0.4, 0.5) is 0 Å². The predicted octanol–water partition coefficient (Wildman–Crippen LogP) is -0.598. The summed E-state index contributed by atoms with van der Waals surface area (Å²) in [4.78, 5) is 24.0. The van der Waals surface area contributed by atoms with E-state index in [9.17, 15) is 9.59 Å². The molecule has 1 unspecified atom stereocenters. The molecular weight excluding hydrogens is 172 g/mol. The molecule has 0 bridgehead atoms. The maximum absolute atomic E-state index is 11.2. The number of aromatic nitrogens is 3. The summed E-state index contributed by atoms with van der Waals surface area (Å²) in [5, 5.41) is 8.11. The quantitative estimate of drug-likeness (QED) is 0.545. The van der Waals surface area contributed by atoms with Crippen molar-refractivity contribution in [3.05, 3.63) is 29.0 Å².